The van der Waals surface area contributed by atoms with Crippen LogP contribution in [0.4, 0.5) is 0 Å². The number of aliphatic hydroxyl groups excluding tert-OH is 1. The smallest absolute Gasteiger partial charge is 0.306 e. The second kappa shape index (κ2) is 14.3. The molecule has 1 aromatic carbocycles. The summed E-state index contributed by atoms with van der Waals surface area (Å²) >= 11 is 0. The number of ether oxygens (including phenoxy) is 2. The Bertz CT molecular complexity index is 1300. The third-order valence-corrected chi connectivity index (χ3v) is 9.97. The van der Waals surface area contributed by atoms with Crippen molar-refractivity contribution in [2.45, 2.75) is 89.1 Å². The van der Waals surface area contributed by atoms with Gasteiger partial charge in [0, 0.05) is 19.5 Å². The molecule has 8 atom stereocenters. The largest absolute Gasteiger partial charge is 0.463 e. The fraction of sp³-hybridized carbons (Fsp3) is 0.600. The van der Waals surface area contributed by atoms with Gasteiger partial charge in [-0.25, -0.2) is 0 Å². The number of nitrogens with zero attached hydrogens (tertiary/aromatic N) is 2. The van der Waals surface area contributed by atoms with E-state index < -0.39 is 47.6 Å². The molecule has 10 nitrogen and oxygen atoms in total. The first-order chi connectivity index (χ1) is 21.8. The third kappa shape index (κ3) is 6.31. The molecule has 2 N–H and O–H groups in total. The van der Waals surface area contributed by atoms with Crippen LogP contribution in [0.2, 0.25) is 0 Å². The van der Waals surface area contributed by atoms with Crippen molar-refractivity contribution < 1.29 is 33.8 Å². The highest BCUT2D eigenvalue weighted by atomic mass is 16.5. The predicted octanol–water partition coefficient (Wildman–Crippen LogP) is 3.31. The highest BCUT2D eigenvalue weighted by molar-refractivity contribution is 6.00. The number of nitrogens with one attached hydrogen (secondary N) is 1. The van der Waals surface area contributed by atoms with Crippen LogP contribution < -0.4 is 5.32 Å². The molecular weight excluding hydrogens is 574 g/mol. The van der Waals surface area contributed by atoms with Crippen molar-refractivity contribution in [1.82, 2.24) is 15.1 Å². The molecule has 2 fully saturated rings. The predicted molar refractivity (Wildman–Crippen MR) is 167 cm³/mol. The van der Waals surface area contributed by atoms with Gasteiger partial charge < -0.3 is 29.7 Å². The minimum Gasteiger partial charge on any atom is -0.463 e. The van der Waals surface area contributed by atoms with Gasteiger partial charge in [-0.3, -0.25) is 19.2 Å². The van der Waals surface area contributed by atoms with Crippen LogP contribution in [0.15, 0.2) is 54.6 Å². The highest BCUT2D eigenvalue weighted by Crippen LogP contribution is 2.56. The molecular formula is C35H47N3O7. The number of rotatable bonds is 9. The van der Waals surface area contributed by atoms with Gasteiger partial charge in [0.15, 0.2) is 0 Å². The molecule has 0 aliphatic carbocycles. The molecule has 0 saturated carbocycles. The van der Waals surface area contributed by atoms with Crippen LogP contribution in [0.25, 0.3) is 0 Å². The van der Waals surface area contributed by atoms with Crippen LogP contribution in [0.1, 0.15) is 70.9 Å². The minimum absolute atomic E-state index is 0.0603. The Morgan fingerprint density at radius 2 is 1.84 bits per heavy atom. The zero-order valence-corrected chi connectivity index (χ0v) is 26.6. The van der Waals surface area contributed by atoms with Gasteiger partial charge in [-0.05, 0) is 24.3 Å². The lowest BCUT2D eigenvalue weighted by Crippen LogP contribution is -2.59. The molecule has 244 valence electrons. The van der Waals surface area contributed by atoms with Crippen LogP contribution >= 0.6 is 0 Å². The van der Waals surface area contributed by atoms with Crippen molar-refractivity contribution in [3.05, 3.63) is 60.2 Å². The maximum atomic E-state index is 14.7. The average Bonchev–Trinajstić information content (AvgIpc) is 3.69. The van der Waals surface area contributed by atoms with E-state index in [0.29, 0.717) is 25.9 Å². The summed E-state index contributed by atoms with van der Waals surface area (Å²) in [5.74, 6) is -3.34. The van der Waals surface area contributed by atoms with Crippen molar-refractivity contribution in [3.8, 4) is 0 Å². The number of amides is 3. The van der Waals surface area contributed by atoms with Gasteiger partial charge in [-0.1, -0.05) is 94.7 Å². The molecule has 0 unspecified atom stereocenters. The zero-order chi connectivity index (χ0) is 32.1. The van der Waals surface area contributed by atoms with Gasteiger partial charge in [0.25, 0.3) is 0 Å². The van der Waals surface area contributed by atoms with Crippen molar-refractivity contribution in [2.75, 3.05) is 26.3 Å². The van der Waals surface area contributed by atoms with E-state index in [4.69, 9.17) is 9.47 Å². The Labute approximate surface area is 265 Å². The number of aliphatic hydroxyl groups is 1. The number of allylic oxidation sites excluding steroid dienone is 1. The van der Waals surface area contributed by atoms with Crippen molar-refractivity contribution in [3.63, 3.8) is 0 Å². The number of carbonyl (C=O) groups is 4. The van der Waals surface area contributed by atoms with Crippen LogP contribution in [0, 0.1) is 17.8 Å². The Hall–Kier alpha value is -3.50. The lowest BCUT2D eigenvalue weighted by molar-refractivity contribution is -0.151. The van der Waals surface area contributed by atoms with Gasteiger partial charge >= 0.3 is 5.97 Å². The molecule has 2 saturated heterocycles. The molecule has 3 amide bonds. The molecule has 10 heteroatoms. The number of hydrogen-bond acceptors (Lipinski definition) is 7. The van der Waals surface area contributed by atoms with Gasteiger partial charge in [-0.2, -0.15) is 0 Å². The molecule has 5 bridgehead atoms. The number of fused-ring (bicyclic) bond motifs is 2. The number of benzene rings is 1. The van der Waals surface area contributed by atoms with Crippen LogP contribution in [-0.4, -0.2) is 88.7 Å². The van der Waals surface area contributed by atoms with E-state index in [1.54, 1.807) is 15.9 Å². The molecule has 4 heterocycles. The quantitative estimate of drug-likeness (QED) is 0.246. The number of likely N-dealkylation sites (tertiary alicyclic amines) is 1. The summed E-state index contributed by atoms with van der Waals surface area (Å²) in [6.45, 7) is 6.47. The van der Waals surface area contributed by atoms with Crippen molar-refractivity contribution in [1.29, 1.82) is 0 Å². The Morgan fingerprint density at radius 1 is 1.07 bits per heavy atom. The molecule has 45 heavy (non-hydrogen) atoms. The topological polar surface area (TPSA) is 125 Å². The second-order valence-electron chi connectivity index (χ2n) is 12.7. The monoisotopic (exact) mass is 621 g/mol. The standard InChI is InChI=1S/C35H47N3O7/c1-4-6-12-19-37-20-13-8-11-16-28(40)44-22-25(24-14-9-7-10-15-24)36-32(41)29-27-17-18-35(45-27)30(29)33(42)38(31(35)34(37)43)26(21-39)23(3)5-2/h7-10,13-15,17-18,23,25-27,29-31,39H,4-6,11-12,16,19-22H2,1-3H3,(H,36,41)/b13-8-/t23-,25+,26-,27+,29-,30-,31+,35-/m0/s1. The summed E-state index contributed by atoms with van der Waals surface area (Å²) in [6, 6.07) is 6.98. The van der Waals surface area contributed by atoms with E-state index in [2.05, 4.69) is 12.2 Å². The summed E-state index contributed by atoms with van der Waals surface area (Å²) in [4.78, 5) is 59.4. The highest BCUT2D eigenvalue weighted by Gasteiger charge is 2.74. The Kier molecular flexibility index (Phi) is 10.4. The molecule has 0 aromatic heterocycles. The summed E-state index contributed by atoms with van der Waals surface area (Å²) in [5.41, 5.74) is -0.574. The molecule has 1 aromatic rings. The average molecular weight is 622 g/mol. The lowest BCUT2D eigenvalue weighted by atomic mass is 9.74. The number of hydrogen-bond donors (Lipinski definition) is 2. The first-order valence-corrected chi connectivity index (χ1v) is 16.5. The first-order valence-electron chi connectivity index (χ1n) is 16.5. The van der Waals surface area contributed by atoms with Crippen molar-refractivity contribution >= 4 is 23.7 Å². The van der Waals surface area contributed by atoms with E-state index in [-0.39, 0.29) is 43.3 Å². The van der Waals surface area contributed by atoms with Gasteiger partial charge in [0.2, 0.25) is 17.7 Å². The second-order valence-corrected chi connectivity index (χ2v) is 12.7. The molecule has 0 radical (unpaired) electrons. The van der Waals surface area contributed by atoms with E-state index in [9.17, 15) is 24.3 Å². The van der Waals surface area contributed by atoms with Crippen LogP contribution in [0.3, 0.4) is 0 Å². The van der Waals surface area contributed by atoms with E-state index in [0.717, 1.165) is 24.8 Å². The first kappa shape index (κ1) is 32.9. The molecule has 4 aliphatic rings. The van der Waals surface area contributed by atoms with E-state index in [1.807, 2.05) is 62.4 Å². The zero-order valence-electron chi connectivity index (χ0n) is 26.6. The summed E-state index contributed by atoms with van der Waals surface area (Å²) < 4.78 is 12.2. The number of unbranched alkanes of at least 4 members (excludes halogenated alkanes) is 2. The number of cyclic esters (lactones) is 1. The normalized spacial score (nSPS) is 32.3. The maximum absolute atomic E-state index is 14.7. The Morgan fingerprint density at radius 3 is 2.56 bits per heavy atom. The molecule has 4 aliphatic heterocycles. The van der Waals surface area contributed by atoms with E-state index >= 15 is 0 Å². The van der Waals surface area contributed by atoms with Crippen LogP contribution in [-0.2, 0) is 28.7 Å². The van der Waals surface area contributed by atoms with Gasteiger partial charge in [0.05, 0.1) is 36.6 Å². The summed E-state index contributed by atoms with van der Waals surface area (Å²) in [5, 5.41) is 13.7. The van der Waals surface area contributed by atoms with Crippen molar-refractivity contribution in [2.24, 2.45) is 17.8 Å². The summed E-state index contributed by atoms with van der Waals surface area (Å²) in [7, 11) is 0. The number of esters is 1. The minimum atomic E-state index is -1.34. The Balaban J connectivity index is 1.58. The van der Waals surface area contributed by atoms with E-state index in [1.165, 1.54) is 0 Å². The van der Waals surface area contributed by atoms with Gasteiger partial charge in [-0.15, -0.1) is 0 Å². The van der Waals surface area contributed by atoms with Crippen LogP contribution in [0.5, 0.6) is 0 Å². The lowest BCUT2D eigenvalue weighted by Gasteiger charge is -2.40. The third-order valence-electron chi connectivity index (χ3n) is 9.97. The SMILES string of the molecule is CCCCCN1C/C=C\CCC(=O)OC[C@H](c2ccccc2)NC(=O)[C@@H]2[C@H]3C(=O)N([C@@H](CO)[C@@H](C)CC)[C@H](C1=O)[C@]31C=C[C@H]2O1. The maximum Gasteiger partial charge on any atom is 0.306 e. The number of carbonyl (C=O) groups excluding carboxylic acids is 4. The fourth-order valence-corrected chi connectivity index (χ4v) is 7.32. The fourth-order valence-electron chi connectivity index (χ4n) is 7.32. The molecule has 5 rings (SSSR count). The summed E-state index contributed by atoms with van der Waals surface area (Å²) in [6.07, 6.45) is 10.7. The molecule has 1 spiro atoms. The van der Waals surface area contributed by atoms with Gasteiger partial charge in [0.1, 0.15) is 18.2 Å².